The van der Waals surface area contributed by atoms with Gasteiger partial charge < -0.3 is 19.2 Å². The van der Waals surface area contributed by atoms with Crippen LogP contribution < -0.4 is 15.6 Å². The zero-order chi connectivity index (χ0) is 33.1. The van der Waals surface area contributed by atoms with Crippen molar-refractivity contribution in [3.63, 3.8) is 0 Å². The number of nitrogens with one attached hydrogen (secondary N) is 1. The first kappa shape index (κ1) is 32.7. The van der Waals surface area contributed by atoms with Crippen LogP contribution in [0, 0.1) is 5.92 Å². The molecule has 2 saturated carbocycles. The van der Waals surface area contributed by atoms with Gasteiger partial charge in [-0.2, -0.15) is 0 Å². The van der Waals surface area contributed by atoms with Crippen molar-refractivity contribution in [3.8, 4) is 11.4 Å². The Kier molecular flexibility index (Phi) is 8.35. The van der Waals surface area contributed by atoms with Gasteiger partial charge in [0.15, 0.2) is 14.1 Å². The molecular formula is C33H41F3N4O5Si. The standard InChI is InChI=1S/C33H41F3N4O5Si/c1-31(2,3)46(4,5)44-19-22-16-25(22)21-6-8-24-26(17-21)37-20-40(29(24)41)23-7-9-28(45-33(34,35)36)27(18-23)38-30(42)32(10-11-32)39-12-14-43-15-13-39/h6-9,17-18,20,22,25H,10-16,19H2,1-5H3,(H,38,42)/t22-,25-/m0/s1. The number of halogens is 3. The molecule has 0 spiro atoms. The molecule has 1 amide bonds. The molecule has 1 saturated heterocycles. The fourth-order valence-corrected chi connectivity index (χ4v) is 7.00. The third kappa shape index (κ3) is 6.60. The van der Waals surface area contributed by atoms with E-state index in [4.69, 9.17) is 9.16 Å². The summed E-state index contributed by atoms with van der Waals surface area (Å²) in [4.78, 5) is 33.6. The highest BCUT2D eigenvalue weighted by Gasteiger charge is 2.55. The van der Waals surface area contributed by atoms with Crippen molar-refractivity contribution in [2.45, 2.75) is 76.0 Å². The second-order valence-corrected chi connectivity index (χ2v) is 19.0. The van der Waals surface area contributed by atoms with Crippen LogP contribution in [-0.2, 0) is 14.0 Å². The first-order valence-corrected chi connectivity index (χ1v) is 18.7. The fraction of sp³-hybridized carbons (Fsp3) is 0.545. The lowest BCUT2D eigenvalue weighted by molar-refractivity contribution is -0.274. The van der Waals surface area contributed by atoms with Crippen LogP contribution in [0.25, 0.3) is 16.6 Å². The Balaban J connectivity index is 1.23. The summed E-state index contributed by atoms with van der Waals surface area (Å²) < 4.78 is 57.2. The number of amides is 1. The van der Waals surface area contributed by atoms with Gasteiger partial charge in [0.05, 0.1) is 35.5 Å². The van der Waals surface area contributed by atoms with Crippen LogP contribution in [0.15, 0.2) is 47.5 Å². The number of hydrogen-bond donors (Lipinski definition) is 1. The Hall–Kier alpha value is -3.26. The maximum absolute atomic E-state index is 13.6. The van der Waals surface area contributed by atoms with Crippen molar-refractivity contribution in [2.75, 3.05) is 38.2 Å². The van der Waals surface area contributed by atoms with E-state index in [-0.39, 0.29) is 22.0 Å². The van der Waals surface area contributed by atoms with E-state index in [0.717, 1.165) is 18.1 Å². The molecule has 3 aliphatic rings. The van der Waals surface area contributed by atoms with Crippen molar-refractivity contribution in [1.82, 2.24) is 14.5 Å². The summed E-state index contributed by atoms with van der Waals surface area (Å²) in [5.41, 5.74) is 0.538. The molecular weight excluding hydrogens is 617 g/mol. The van der Waals surface area contributed by atoms with Crippen LogP contribution >= 0.6 is 0 Å². The topological polar surface area (TPSA) is 94.9 Å². The van der Waals surface area contributed by atoms with Crippen molar-refractivity contribution >= 4 is 30.8 Å². The molecule has 248 valence electrons. The molecule has 2 aliphatic carbocycles. The van der Waals surface area contributed by atoms with Crippen LogP contribution in [0.2, 0.25) is 18.1 Å². The Morgan fingerprint density at radius 2 is 1.83 bits per heavy atom. The Morgan fingerprint density at radius 3 is 2.48 bits per heavy atom. The number of hydrogen-bond acceptors (Lipinski definition) is 7. The van der Waals surface area contributed by atoms with Gasteiger partial charge in [-0.3, -0.25) is 19.1 Å². The van der Waals surface area contributed by atoms with Crippen molar-refractivity contribution in [1.29, 1.82) is 0 Å². The molecule has 0 bridgehead atoms. The van der Waals surface area contributed by atoms with E-state index in [0.29, 0.717) is 68.5 Å². The third-order valence-corrected chi connectivity index (χ3v) is 14.6. The summed E-state index contributed by atoms with van der Waals surface area (Å²) in [6.07, 6.45) is -1.41. The number of rotatable bonds is 9. The molecule has 2 heterocycles. The highest BCUT2D eigenvalue weighted by molar-refractivity contribution is 6.74. The molecule has 2 aromatic carbocycles. The molecule has 3 aromatic rings. The lowest BCUT2D eigenvalue weighted by Gasteiger charge is -2.36. The number of alkyl halides is 3. The molecule has 2 atom stereocenters. The Bertz CT molecular complexity index is 1690. The Labute approximate surface area is 267 Å². The molecule has 0 unspecified atom stereocenters. The minimum Gasteiger partial charge on any atom is -0.417 e. The summed E-state index contributed by atoms with van der Waals surface area (Å²) in [5, 5.41) is 3.19. The molecule has 0 radical (unpaired) electrons. The van der Waals surface area contributed by atoms with Gasteiger partial charge >= 0.3 is 6.36 Å². The number of morpholine rings is 1. The molecule has 46 heavy (non-hydrogen) atoms. The van der Waals surface area contributed by atoms with Crippen LogP contribution in [0.4, 0.5) is 18.9 Å². The van der Waals surface area contributed by atoms with Gasteiger partial charge in [-0.05, 0) is 85.1 Å². The van der Waals surface area contributed by atoms with Crippen molar-refractivity contribution in [2.24, 2.45) is 5.92 Å². The van der Waals surface area contributed by atoms with E-state index < -0.39 is 31.9 Å². The van der Waals surface area contributed by atoms with E-state index in [1.807, 2.05) is 17.0 Å². The summed E-state index contributed by atoms with van der Waals surface area (Å²) in [7, 11) is -1.84. The van der Waals surface area contributed by atoms with Crippen molar-refractivity contribution < 1.29 is 31.9 Å². The highest BCUT2D eigenvalue weighted by Crippen LogP contribution is 2.49. The van der Waals surface area contributed by atoms with Crippen molar-refractivity contribution in [3.05, 3.63) is 58.6 Å². The molecule has 1 N–H and O–H groups in total. The fourth-order valence-electron chi connectivity index (χ4n) is 5.94. The van der Waals surface area contributed by atoms with E-state index in [1.54, 1.807) is 6.07 Å². The first-order valence-electron chi connectivity index (χ1n) is 15.8. The second-order valence-electron chi connectivity index (χ2n) is 14.2. The van der Waals surface area contributed by atoms with E-state index in [9.17, 15) is 22.8 Å². The second kappa shape index (κ2) is 11.8. The average Bonchev–Trinajstić information content (AvgIpc) is 3.92. The predicted octanol–water partition coefficient (Wildman–Crippen LogP) is 6.21. The number of carbonyl (C=O) groups is 1. The maximum Gasteiger partial charge on any atom is 0.573 e. The lowest BCUT2D eigenvalue weighted by Crippen LogP contribution is -2.51. The van der Waals surface area contributed by atoms with E-state index >= 15 is 0 Å². The zero-order valence-electron chi connectivity index (χ0n) is 26.9. The summed E-state index contributed by atoms with van der Waals surface area (Å²) >= 11 is 0. The van der Waals surface area contributed by atoms with Crippen LogP contribution in [-0.4, -0.2) is 73.5 Å². The lowest BCUT2D eigenvalue weighted by atomic mass is 10.1. The normalized spacial score (nSPS) is 21.7. The molecule has 1 aromatic heterocycles. The molecule has 13 heteroatoms. The number of aromatic nitrogens is 2. The minimum atomic E-state index is -4.97. The number of ether oxygens (including phenoxy) is 2. The smallest absolute Gasteiger partial charge is 0.417 e. The molecule has 3 fully saturated rings. The van der Waals surface area contributed by atoms with Gasteiger partial charge in [0, 0.05) is 19.7 Å². The SMILES string of the molecule is CC(C)(C)[Si](C)(C)OC[C@@H]1C[C@H]1c1ccc2c(=O)n(-c3ccc(OC(F)(F)F)c(NC(=O)C4(N5CCOCC5)CC4)c3)cnc2c1. The van der Waals surface area contributed by atoms with E-state index in [1.165, 1.54) is 23.0 Å². The average molecular weight is 659 g/mol. The number of nitrogens with zero attached hydrogens (tertiary/aromatic N) is 3. The summed E-state index contributed by atoms with van der Waals surface area (Å²) in [6.45, 7) is 14.0. The monoisotopic (exact) mass is 658 g/mol. The zero-order valence-corrected chi connectivity index (χ0v) is 27.9. The molecule has 9 nitrogen and oxygen atoms in total. The quantitative estimate of drug-likeness (QED) is 0.273. The summed E-state index contributed by atoms with van der Waals surface area (Å²) in [5.74, 6) is -0.206. The molecule has 6 rings (SSSR count). The molecule has 1 aliphatic heterocycles. The van der Waals surface area contributed by atoms with E-state index in [2.05, 4.69) is 48.9 Å². The number of benzene rings is 2. The predicted molar refractivity (Wildman–Crippen MR) is 171 cm³/mol. The third-order valence-electron chi connectivity index (χ3n) is 10.1. The largest absolute Gasteiger partial charge is 0.573 e. The highest BCUT2D eigenvalue weighted by atomic mass is 28.4. The number of fused-ring (bicyclic) bond motifs is 1. The van der Waals surface area contributed by atoms with Crippen LogP contribution in [0.3, 0.4) is 0 Å². The van der Waals surface area contributed by atoms with Gasteiger partial charge in [0.1, 0.15) is 11.9 Å². The van der Waals surface area contributed by atoms with Gasteiger partial charge in [-0.1, -0.05) is 26.8 Å². The first-order chi connectivity index (χ1) is 21.6. The Morgan fingerprint density at radius 1 is 1.11 bits per heavy atom. The summed E-state index contributed by atoms with van der Waals surface area (Å²) in [6, 6.07) is 9.39. The maximum atomic E-state index is 13.6. The number of anilines is 1. The van der Waals surface area contributed by atoms with Gasteiger partial charge in [0.2, 0.25) is 5.91 Å². The van der Waals surface area contributed by atoms with Gasteiger partial charge in [0.25, 0.3) is 5.56 Å². The van der Waals surface area contributed by atoms with Crippen LogP contribution in [0.5, 0.6) is 5.75 Å². The number of carbonyl (C=O) groups excluding carboxylic acids is 1. The van der Waals surface area contributed by atoms with Gasteiger partial charge in [-0.15, -0.1) is 13.2 Å². The van der Waals surface area contributed by atoms with Gasteiger partial charge in [-0.25, -0.2) is 4.98 Å². The van der Waals surface area contributed by atoms with Crippen LogP contribution in [0.1, 0.15) is 51.5 Å². The minimum absolute atomic E-state index is 0.143.